The molecule has 0 heterocycles. The molecule has 0 aromatic heterocycles. The van der Waals surface area contributed by atoms with E-state index in [1.807, 2.05) is 13.8 Å². The first-order valence-corrected chi connectivity index (χ1v) is 12.6. The summed E-state index contributed by atoms with van der Waals surface area (Å²) in [5.41, 5.74) is 1.03. The molecule has 0 unspecified atom stereocenters. The number of para-hydroxylation sites is 2. The zero-order valence-electron chi connectivity index (χ0n) is 24.7. The molecule has 21 heteroatoms. The van der Waals surface area contributed by atoms with Gasteiger partial charge in [-0.3, -0.25) is 9.98 Å². The molecule has 0 bridgehead atoms. The fourth-order valence-electron chi connectivity index (χ4n) is 3.60. The van der Waals surface area contributed by atoms with E-state index in [-0.39, 0.29) is 80.6 Å². The molecule has 0 spiro atoms. The Labute approximate surface area is 306 Å². The molecule has 0 aliphatic heterocycles. The largest absolute Gasteiger partial charge is 3.00 e. The van der Waals surface area contributed by atoms with Gasteiger partial charge in [-0.15, -0.1) is 0 Å². The maximum absolute atomic E-state index is 12.5. The number of ether oxygens (including phenoxy) is 2. The molecule has 2 atom stereocenters. The predicted molar refractivity (Wildman–Crippen MR) is 155 cm³/mol. The van der Waals surface area contributed by atoms with Gasteiger partial charge in [-0.1, -0.05) is 48.6 Å². The van der Waals surface area contributed by atoms with E-state index in [0.717, 1.165) is 32.8 Å². The van der Waals surface area contributed by atoms with Gasteiger partial charge in [0.15, 0.2) is 0 Å². The molecule has 46 heavy (non-hydrogen) atoms. The van der Waals surface area contributed by atoms with Crippen LogP contribution in [0.5, 0.6) is 23.0 Å². The Hall–Kier alpha value is -3.62. The SMILES string of the molecule is CCOc1cccc(C=N[C@H]2CCCC[C@@H]2N=Cc2cccc(OCC)c2[O-])c1[O-].CO.O=[N+]([O-])[O-].O=[N+]([O-])[O-].O=[N+]([O-])[O-].[Cu+2].[Gd+3]. The second-order valence-corrected chi connectivity index (χ2v) is 7.86. The summed E-state index contributed by atoms with van der Waals surface area (Å²) in [6.07, 6.45) is 7.23. The van der Waals surface area contributed by atoms with E-state index in [9.17, 15) is 10.2 Å². The molecule has 1 N–H and O–H groups in total. The zero-order valence-corrected chi connectivity index (χ0v) is 27.9. The first kappa shape index (κ1) is 49.3. The summed E-state index contributed by atoms with van der Waals surface area (Å²) in [6, 6.07) is 10.4. The van der Waals surface area contributed by atoms with Crippen molar-refractivity contribution in [3.63, 3.8) is 0 Å². The van der Waals surface area contributed by atoms with Gasteiger partial charge >= 0.3 is 57.0 Å². The maximum Gasteiger partial charge on any atom is 3.00 e. The van der Waals surface area contributed by atoms with E-state index in [2.05, 4.69) is 9.98 Å². The topological polar surface area (TPSA) is 308 Å². The summed E-state index contributed by atoms with van der Waals surface area (Å²) < 4.78 is 10.8. The Morgan fingerprint density at radius 3 is 1.26 bits per heavy atom. The molecular weight excluding hydrogens is 815 g/mol. The van der Waals surface area contributed by atoms with Gasteiger partial charge < -0.3 is 70.8 Å². The number of hydrogen-bond acceptors (Lipinski definition) is 16. The van der Waals surface area contributed by atoms with Crippen LogP contribution in [-0.4, -0.2) is 65.2 Å². The van der Waals surface area contributed by atoms with E-state index < -0.39 is 15.3 Å². The van der Waals surface area contributed by atoms with Crippen LogP contribution in [-0.2, 0) is 17.1 Å². The summed E-state index contributed by atoms with van der Waals surface area (Å²) in [4.78, 5) is 34.1. The van der Waals surface area contributed by atoms with Crippen LogP contribution in [0, 0.1) is 85.9 Å². The maximum atomic E-state index is 12.5. The standard InChI is InChI=1S/C24H30N2O4.CH4O.Cu.Gd.3NO3/c1-3-29-21-13-7-9-17(23(21)27)15-25-19-11-5-6-12-20(19)26-16-18-10-8-14-22(24(18)28)30-4-2;1-2;;;3*2-1(3)4/h7-10,13-16,19-20,27-28H,3-6,11-12H2,1-2H3;2H,1H3;;;;;/q;;+2;+3;3*-1/p-2/t19-,20-;;;;;;/m0....../s1. The minimum atomic E-state index is -1.75. The number of aliphatic hydroxyl groups excluding tert-OH is 1. The molecule has 0 amide bonds. The first-order valence-electron chi connectivity index (χ1n) is 12.6. The molecule has 19 nitrogen and oxygen atoms in total. The molecule has 260 valence electrons. The minimum absolute atomic E-state index is 0. The Balaban J connectivity index is -0.000000470. The number of hydrogen-bond donors (Lipinski definition) is 1. The van der Waals surface area contributed by atoms with Crippen molar-refractivity contribution in [2.75, 3.05) is 20.3 Å². The molecule has 2 aromatic carbocycles. The second-order valence-electron chi connectivity index (χ2n) is 7.86. The van der Waals surface area contributed by atoms with Crippen molar-refractivity contribution >= 4 is 12.4 Å². The van der Waals surface area contributed by atoms with Crippen LogP contribution in [0.2, 0.25) is 0 Å². The van der Waals surface area contributed by atoms with E-state index in [1.165, 1.54) is 0 Å². The van der Waals surface area contributed by atoms with Crippen molar-refractivity contribution in [3.8, 4) is 23.0 Å². The van der Waals surface area contributed by atoms with Crippen molar-refractivity contribution in [3.05, 3.63) is 93.5 Å². The third-order valence-corrected chi connectivity index (χ3v) is 5.12. The first-order chi connectivity index (χ1) is 20.8. The Bertz CT molecular complexity index is 1100. The van der Waals surface area contributed by atoms with Gasteiger partial charge in [-0.2, -0.15) is 0 Å². The number of rotatable bonds is 8. The van der Waals surface area contributed by atoms with Crippen LogP contribution in [0.1, 0.15) is 50.7 Å². The number of aliphatic hydroxyl groups is 1. The summed E-state index contributed by atoms with van der Waals surface area (Å²) in [5.74, 6) is 0.388. The average molecular weight is 847 g/mol. The summed E-state index contributed by atoms with van der Waals surface area (Å²) >= 11 is 0. The van der Waals surface area contributed by atoms with Crippen molar-refractivity contribution in [1.82, 2.24) is 0 Å². The second kappa shape index (κ2) is 30.1. The fraction of sp³-hybridized carbons (Fsp3) is 0.440. The molecule has 2 radical (unpaired) electrons. The molecule has 0 saturated heterocycles. The molecular formula is C25H32CuGdN5O14. The van der Waals surface area contributed by atoms with Gasteiger partial charge in [0.2, 0.25) is 0 Å². The van der Waals surface area contributed by atoms with Crippen molar-refractivity contribution in [2.45, 2.75) is 51.6 Å². The molecule has 2 aromatic rings. The van der Waals surface area contributed by atoms with Crippen molar-refractivity contribution in [2.24, 2.45) is 9.98 Å². The number of nitrogens with zero attached hydrogens (tertiary/aromatic N) is 5. The quantitative estimate of drug-likeness (QED) is 0.173. The normalized spacial score (nSPS) is 14.3. The van der Waals surface area contributed by atoms with Crippen LogP contribution in [0.25, 0.3) is 0 Å². The van der Waals surface area contributed by atoms with Gasteiger partial charge in [0.25, 0.3) is 0 Å². The van der Waals surface area contributed by atoms with Gasteiger partial charge in [0, 0.05) is 19.5 Å². The molecule has 1 aliphatic carbocycles. The van der Waals surface area contributed by atoms with Crippen molar-refractivity contribution < 1.29 is 97.1 Å². The smallest absolute Gasteiger partial charge is 0.870 e. The molecule has 1 saturated carbocycles. The van der Waals surface area contributed by atoms with Crippen LogP contribution >= 0.6 is 0 Å². The summed E-state index contributed by atoms with van der Waals surface area (Å²) in [6.45, 7) is 4.59. The van der Waals surface area contributed by atoms with Gasteiger partial charge in [0.05, 0.1) is 40.6 Å². The molecule has 1 fully saturated rings. The Morgan fingerprint density at radius 2 is 1.00 bits per heavy atom. The van der Waals surface area contributed by atoms with Crippen LogP contribution in [0.4, 0.5) is 0 Å². The zero-order chi connectivity index (χ0) is 34.1. The van der Waals surface area contributed by atoms with Gasteiger partial charge in [-0.25, -0.2) is 0 Å². The van der Waals surface area contributed by atoms with Crippen LogP contribution < -0.4 is 19.7 Å². The monoisotopic (exact) mass is 847 g/mol. The van der Waals surface area contributed by atoms with Crippen molar-refractivity contribution in [1.29, 1.82) is 0 Å². The predicted octanol–water partition coefficient (Wildman–Crippen LogP) is 2.37. The third kappa shape index (κ3) is 23.7. The minimum Gasteiger partial charge on any atom is -0.870 e. The molecule has 3 rings (SSSR count). The van der Waals surface area contributed by atoms with Crippen LogP contribution in [0.15, 0.2) is 46.4 Å². The Kier molecular flexibility index (Phi) is 32.2. The van der Waals surface area contributed by atoms with E-state index >= 15 is 0 Å². The van der Waals surface area contributed by atoms with E-state index in [4.69, 9.17) is 60.5 Å². The molecule has 1 aliphatic rings. The summed E-state index contributed by atoms with van der Waals surface area (Å²) in [5, 5.41) is 76.2. The Morgan fingerprint density at radius 1 is 0.717 bits per heavy atom. The van der Waals surface area contributed by atoms with Gasteiger partial charge in [-0.05, 0) is 49.9 Å². The summed E-state index contributed by atoms with van der Waals surface area (Å²) in [7, 11) is 1.00. The van der Waals surface area contributed by atoms with E-state index in [1.54, 1.807) is 48.8 Å². The third-order valence-electron chi connectivity index (χ3n) is 5.12. The average Bonchev–Trinajstić information content (AvgIpc) is 2.95. The van der Waals surface area contributed by atoms with Gasteiger partial charge in [0.1, 0.15) is 11.5 Å². The van der Waals surface area contributed by atoms with E-state index in [0.29, 0.717) is 35.8 Å². The number of benzene rings is 2. The fourth-order valence-corrected chi connectivity index (χ4v) is 3.60. The van der Waals surface area contributed by atoms with Crippen LogP contribution in [0.3, 0.4) is 0 Å². The number of aliphatic imine (C=N–C) groups is 2.